The van der Waals surface area contributed by atoms with E-state index in [1.807, 2.05) is 13.0 Å². The average Bonchev–Trinajstić information content (AvgIpc) is 3.32. The van der Waals surface area contributed by atoms with Gasteiger partial charge in [-0.1, -0.05) is 12.1 Å². The van der Waals surface area contributed by atoms with Gasteiger partial charge in [-0.05, 0) is 30.7 Å². The van der Waals surface area contributed by atoms with E-state index in [-0.39, 0.29) is 18.6 Å². The van der Waals surface area contributed by atoms with E-state index in [0.717, 1.165) is 11.1 Å². The molecule has 0 spiro atoms. The zero-order valence-electron chi connectivity index (χ0n) is 14.8. The number of amides is 1. The number of likely N-dealkylation sites (N-methyl/N-ethyl adjacent to an activating group) is 1. The maximum absolute atomic E-state index is 12.9. The zero-order valence-corrected chi connectivity index (χ0v) is 14.8. The lowest BCUT2D eigenvalue weighted by atomic mass is 10.0. The third-order valence-corrected chi connectivity index (χ3v) is 4.55. The molecule has 1 aliphatic rings. The smallest absolute Gasteiger partial charge is 0.354 e. The molecular formula is C19H22N2O5. The van der Waals surface area contributed by atoms with Crippen LogP contribution in [0.5, 0.6) is 0 Å². The van der Waals surface area contributed by atoms with Gasteiger partial charge in [0.05, 0.1) is 32.5 Å². The van der Waals surface area contributed by atoms with Crippen LogP contribution in [0.15, 0.2) is 36.5 Å². The van der Waals surface area contributed by atoms with Gasteiger partial charge in [-0.2, -0.15) is 0 Å². The summed E-state index contributed by atoms with van der Waals surface area (Å²) in [5.41, 5.74) is 2.46. The van der Waals surface area contributed by atoms with Crippen LogP contribution >= 0.6 is 0 Å². The SMILES string of the molecule is CCN(C(=O)c1cccc(-c2c[nH]c(C(=O)OC)c2)c1)[C@H]1COC[C@@H]1O. The van der Waals surface area contributed by atoms with Crippen molar-refractivity contribution in [2.24, 2.45) is 0 Å². The minimum Gasteiger partial charge on any atom is -0.464 e. The van der Waals surface area contributed by atoms with Crippen LogP contribution in [0, 0.1) is 0 Å². The van der Waals surface area contributed by atoms with Gasteiger partial charge in [0.2, 0.25) is 0 Å². The van der Waals surface area contributed by atoms with Crippen LogP contribution < -0.4 is 0 Å². The fourth-order valence-electron chi connectivity index (χ4n) is 3.14. The molecule has 1 aliphatic heterocycles. The molecule has 2 N–H and O–H groups in total. The number of carbonyl (C=O) groups is 2. The molecule has 1 fully saturated rings. The van der Waals surface area contributed by atoms with Crippen molar-refractivity contribution in [2.75, 3.05) is 26.9 Å². The van der Waals surface area contributed by atoms with Gasteiger partial charge in [-0.25, -0.2) is 4.79 Å². The average molecular weight is 358 g/mol. The Morgan fingerprint density at radius 3 is 2.77 bits per heavy atom. The Kier molecular flexibility index (Phi) is 5.39. The van der Waals surface area contributed by atoms with Crippen molar-refractivity contribution in [1.82, 2.24) is 9.88 Å². The highest BCUT2D eigenvalue weighted by molar-refractivity contribution is 5.96. The molecule has 138 valence electrons. The number of hydrogen-bond donors (Lipinski definition) is 2. The Morgan fingerprint density at radius 1 is 1.31 bits per heavy atom. The molecule has 7 heteroatoms. The molecule has 7 nitrogen and oxygen atoms in total. The van der Waals surface area contributed by atoms with Crippen LogP contribution in [0.4, 0.5) is 0 Å². The van der Waals surface area contributed by atoms with E-state index >= 15 is 0 Å². The molecule has 3 rings (SSSR count). The van der Waals surface area contributed by atoms with Crippen LogP contribution in [0.3, 0.4) is 0 Å². The Balaban J connectivity index is 1.85. The topological polar surface area (TPSA) is 91.9 Å². The first-order chi connectivity index (χ1) is 12.5. The first kappa shape index (κ1) is 18.2. The number of aliphatic hydroxyl groups excluding tert-OH is 1. The van der Waals surface area contributed by atoms with Crippen molar-refractivity contribution < 1.29 is 24.2 Å². The summed E-state index contributed by atoms with van der Waals surface area (Å²) >= 11 is 0. The largest absolute Gasteiger partial charge is 0.464 e. The van der Waals surface area contributed by atoms with E-state index in [1.165, 1.54) is 7.11 Å². The molecule has 0 unspecified atom stereocenters. The summed E-state index contributed by atoms with van der Waals surface area (Å²) < 4.78 is 9.97. The van der Waals surface area contributed by atoms with E-state index in [4.69, 9.17) is 9.47 Å². The number of ether oxygens (including phenoxy) is 2. The van der Waals surface area contributed by atoms with Crippen molar-refractivity contribution in [3.05, 3.63) is 47.8 Å². The lowest BCUT2D eigenvalue weighted by molar-refractivity contribution is 0.0520. The standard InChI is InChI=1S/C19H22N2O5/c1-3-21(16-10-26-11-17(16)22)18(23)13-6-4-5-12(7-13)14-8-15(20-9-14)19(24)25-2/h4-9,16-17,20,22H,3,10-11H2,1-2H3/t16-,17-/m0/s1. The number of aromatic amines is 1. The molecule has 0 radical (unpaired) electrons. The monoisotopic (exact) mass is 358 g/mol. The first-order valence-electron chi connectivity index (χ1n) is 8.49. The lowest BCUT2D eigenvalue weighted by Gasteiger charge is -2.29. The second-order valence-corrected chi connectivity index (χ2v) is 6.14. The van der Waals surface area contributed by atoms with Crippen LogP contribution in [0.25, 0.3) is 11.1 Å². The van der Waals surface area contributed by atoms with Crippen molar-refractivity contribution in [2.45, 2.75) is 19.1 Å². The number of nitrogens with one attached hydrogen (secondary N) is 1. The number of aromatic nitrogens is 1. The predicted molar refractivity (Wildman–Crippen MR) is 94.9 cm³/mol. The quantitative estimate of drug-likeness (QED) is 0.794. The van der Waals surface area contributed by atoms with Gasteiger partial charge in [0.15, 0.2) is 0 Å². The Labute approximate surface area is 151 Å². The summed E-state index contributed by atoms with van der Waals surface area (Å²) in [4.78, 5) is 29.0. The summed E-state index contributed by atoms with van der Waals surface area (Å²) in [6.07, 6.45) is 1.02. The maximum Gasteiger partial charge on any atom is 0.354 e. The van der Waals surface area contributed by atoms with Crippen LogP contribution in [0.1, 0.15) is 27.8 Å². The minimum atomic E-state index is -0.672. The molecule has 0 bridgehead atoms. The normalized spacial score (nSPS) is 19.3. The number of esters is 1. The minimum absolute atomic E-state index is 0.160. The first-order valence-corrected chi connectivity index (χ1v) is 8.49. The van der Waals surface area contributed by atoms with Gasteiger partial charge < -0.3 is 24.5 Å². The zero-order chi connectivity index (χ0) is 18.7. The van der Waals surface area contributed by atoms with Gasteiger partial charge >= 0.3 is 5.97 Å². The van der Waals surface area contributed by atoms with Gasteiger partial charge in [0, 0.05) is 23.9 Å². The molecule has 0 aliphatic carbocycles. The molecule has 2 atom stereocenters. The van der Waals surface area contributed by atoms with Gasteiger partial charge in [-0.3, -0.25) is 4.79 Å². The van der Waals surface area contributed by atoms with Crippen LogP contribution in [-0.2, 0) is 9.47 Å². The molecular weight excluding hydrogens is 336 g/mol. The number of rotatable bonds is 5. The van der Waals surface area contributed by atoms with Crippen LogP contribution in [0.2, 0.25) is 0 Å². The third kappa shape index (κ3) is 3.49. The van der Waals surface area contributed by atoms with E-state index in [1.54, 1.807) is 35.4 Å². The van der Waals surface area contributed by atoms with E-state index < -0.39 is 12.1 Å². The second kappa shape index (κ2) is 7.72. The molecule has 26 heavy (non-hydrogen) atoms. The summed E-state index contributed by atoms with van der Waals surface area (Å²) in [5, 5.41) is 10.0. The van der Waals surface area contributed by atoms with E-state index in [9.17, 15) is 14.7 Å². The molecule has 2 aromatic rings. The number of methoxy groups -OCH3 is 1. The van der Waals surface area contributed by atoms with Crippen molar-refractivity contribution >= 4 is 11.9 Å². The van der Waals surface area contributed by atoms with Gasteiger partial charge in [0.25, 0.3) is 5.91 Å². The Hall–Kier alpha value is -2.64. The number of nitrogens with zero attached hydrogens (tertiary/aromatic N) is 1. The highest BCUT2D eigenvalue weighted by atomic mass is 16.5. The number of carbonyl (C=O) groups excluding carboxylic acids is 2. The number of aliphatic hydroxyl groups is 1. The number of benzene rings is 1. The summed E-state index contributed by atoms with van der Waals surface area (Å²) in [6.45, 7) is 2.93. The van der Waals surface area contributed by atoms with Gasteiger partial charge in [-0.15, -0.1) is 0 Å². The van der Waals surface area contributed by atoms with Gasteiger partial charge in [0.1, 0.15) is 5.69 Å². The third-order valence-electron chi connectivity index (χ3n) is 4.55. The number of hydrogen-bond acceptors (Lipinski definition) is 5. The van der Waals surface area contributed by atoms with Crippen molar-refractivity contribution in [1.29, 1.82) is 0 Å². The summed E-state index contributed by atoms with van der Waals surface area (Å²) in [6, 6.07) is 8.52. The molecule has 1 aromatic carbocycles. The molecule has 1 aromatic heterocycles. The fraction of sp³-hybridized carbons (Fsp3) is 0.368. The molecule has 0 saturated carbocycles. The number of H-pyrrole nitrogens is 1. The Bertz CT molecular complexity index is 801. The van der Waals surface area contributed by atoms with Crippen LogP contribution in [-0.4, -0.2) is 65.9 Å². The lowest BCUT2D eigenvalue weighted by Crippen LogP contribution is -2.46. The maximum atomic E-state index is 12.9. The summed E-state index contributed by atoms with van der Waals surface area (Å²) in [7, 11) is 1.32. The summed E-state index contributed by atoms with van der Waals surface area (Å²) in [5.74, 6) is -0.608. The molecule has 2 heterocycles. The van der Waals surface area contributed by atoms with E-state index in [0.29, 0.717) is 24.4 Å². The molecule has 1 saturated heterocycles. The van der Waals surface area contributed by atoms with Crippen molar-refractivity contribution in [3.8, 4) is 11.1 Å². The predicted octanol–water partition coefficient (Wildman–Crippen LogP) is 1.69. The fourth-order valence-corrected chi connectivity index (χ4v) is 3.14. The Morgan fingerprint density at radius 2 is 2.12 bits per heavy atom. The highest BCUT2D eigenvalue weighted by Crippen LogP contribution is 2.23. The second-order valence-electron chi connectivity index (χ2n) is 6.14. The van der Waals surface area contributed by atoms with E-state index in [2.05, 4.69) is 4.98 Å². The molecule has 1 amide bonds. The highest BCUT2D eigenvalue weighted by Gasteiger charge is 2.34. The van der Waals surface area contributed by atoms with Crippen molar-refractivity contribution in [3.63, 3.8) is 0 Å².